The van der Waals surface area contributed by atoms with Crippen LogP contribution in [0.15, 0.2) is 33.2 Å². The van der Waals surface area contributed by atoms with Crippen LogP contribution < -0.4 is 10.1 Å². The number of hydrogen-bond acceptors (Lipinski definition) is 2. The van der Waals surface area contributed by atoms with Crippen molar-refractivity contribution in [1.82, 2.24) is 0 Å². The zero-order valence-corrected chi connectivity index (χ0v) is 14.0. The monoisotopic (exact) mass is 417 g/mol. The first-order valence-electron chi connectivity index (χ1n) is 6.37. The Morgan fingerprint density at radius 2 is 1.90 bits per heavy atom. The maximum Gasteiger partial charge on any atom is 0.149 e. The Morgan fingerprint density at radius 1 is 1.10 bits per heavy atom. The molecule has 0 aromatic heterocycles. The molecule has 6 heteroatoms. The number of anilines is 1. The van der Waals surface area contributed by atoms with Gasteiger partial charge in [0, 0.05) is 29.1 Å². The standard InChI is InChI=1S/C15H11Br2F2NO/c16-10-3-8-1-2-21-15(8)9(4-10)7-20-14-5-11(17)12(18)6-13(14)19/h3-6,20H,1-2,7H2. The van der Waals surface area contributed by atoms with Gasteiger partial charge >= 0.3 is 0 Å². The minimum atomic E-state index is -0.622. The van der Waals surface area contributed by atoms with Gasteiger partial charge in [-0.05, 0) is 39.7 Å². The third kappa shape index (κ3) is 3.06. The Bertz CT molecular complexity index is 707. The lowest BCUT2D eigenvalue weighted by Crippen LogP contribution is -2.04. The minimum Gasteiger partial charge on any atom is -0.493 e. The first kappa shape index (κ1) is 14.8. The van der Waals surface area contributed by atoms with E-state index < -0.39 is 11.6 Å². The molecule has 0 saturated carbocycles. The number of rotatable bonds is 3. The molecule has 0 atom stereocenters. The van der Waals surface area contributed by atoms with Gasteiger partial charge in [-0.15, -0.1) is 0 Å². The zero-order chi connectivity index (χ0) is 15.0. The van der Waals surface area contributed by atoms with Crippen LogP contribution in [-0.2, 0) is 13.0 Å². The second-order valence-corrected chi connectivity index (χ2v) is 6.52. The Hall–Kier alpha value is -1.14. The molecule has 0 unspecified atom stereocenters. The minimum absolute atomic E-state index is 0.224. The number of nitrogens with one attached hydrogen (secondary N) is 1. The molecule has 0 amide bonds. The highest BCUT2D eigenvalue weighted by atomic mass is 79.9. The topological polar surface area (TPSA) is 21.3 Å². The molecule has 3 rings (SSSR count). The van der Waals surface area contributed by atoms with Gasteiger partial charge in [-0.1, -0.05) is 15.9 Å². The number of hydrogen-bond donors (Lipinski definition) is 1. The largest absolute Gasteiger partial charge is 0.493 e. The van der Waals surface area contributed by atoms with E-state index in [2.05, 4.69) is 37.2 Å². The average molecular weight is 419 g/mol. The average Bonchev–Trinajstić information content (AvgIpc) is 2.89. The number of ether oxygens (including phenoxy) is 1. The summed E-state index contributed by atoms with van der Waals surface area (Å²) in [5.41, 5.74) is 2.33. The summed E-state index contributed by atoms with van der Waals surface area (Å²) in [7, 11) is 0. The van der Waals surface area contributed by atoms with Gasteiger partial charge in [0.1, 0.15) is 17.4 Å². The Balaban J connectivity index is 1.84. The third-order valence-electron chi connectivity index (χ3n) is 3.30. The molecule has 110 valence electrons. The Kier molecular flexibility index (Phi) is 4.17. The van der Waals surface area contributed by atoms with Crippen LogP contribution in [0.4, 0.5) is 14.5 Å². The molecule has 1 aliphatic heterocycles. The van der Waals surface area contributed by atoms with Crippen molar-refractivity contribution in [2.75, 3.05) is 11.9 Å². The van der Waals surface area contributed by atoms with Crippen LogP contribution in [0.1, 0.15) is 11.1 Å². The van der Waals surface area contributed by atoms with E-state index in [4.69, 9.17) is 4.74 Å². The van der Waals surface area contributed by atoms with Gasteiger partial charge in [0.05, 0.1) is 16.8 Å². The normalized spacial score (nSPS) is 13.0. The van der Waals surface area contributed by atoms with E-state index in [1.807, 2.05) is 12.1 Å². The number of halogens is 4. The smallest absolute Gasteiger partial charge is 0.149 e. The van der Waals surface area contributed by atoms with Crippen LogP contribution in [0.25, 0.3) is 0 Å². The molecular weight excluding hydrogens is 408 g/mol. The number of benzene rings is 2. The van der Waals surface area contributed by atoms with Gasteiger partial charge in [0.15, 0.2) is 0 Å². The molecule has 2 nitrogen and oxygen atoms in total. The Labute approximate surface area is 137 Å². The summed E-state index contributed by atoms with van der Waals surface area (Å²) in [5, 5.41) is 2.98. The van der Waals surface area contributed by atoms with Gasteiger partial charge in [-0.25, -0.2) is 8.78 Å². The first-order chi connectivity index (χ1) is 10.0. The Morgan fingerprint density at radius 3 is 2.71 bits per heavy atom. The summed E-state index contributed by atoms with van der Waals surface area (Å²) in [5.74, 6) is -0.389. The molecule has 2 aromatic carbocycles. The van der Waals surface area contributed by atoms with Crippen LogP contribution >= 0.6 is 31.9 Å². The summed E-state index contributed by atoms with van der Waals surface area (Å²) >= 11 is 6.52. The summed E-state index contributed by atoms with van der Waals surface area (Å²) in [4.78, 5) is 0. The molecule has 21 heavy (non-hydrogen) atoms. The van der Waals surface area contributed by atoms with Gasteiger partial charge in [-0.3, -0.25) is 0 Å². The molecular formula is C15H11Br2F2NO. The van der Waals surface area contributed by atoms with E-state index in [1.165, 1.54) is 6.07 Å². The lowest BCUT2D eigenvalue weighted by atomic mass is 10.1. The van der Waals surface area contributed by atoms with E-state index in [0.29, 0.717) is 13.2 Å². The van der Waals surface area contributed by atoms with Gasteiger partial charge < -0.3 is 10.1 Å². The predicted octanol–water partition coefficient (Wildman–Crippen LogP) is 5.04. The van der Waals surface area contributed by atoms with E-state index in [9.17, 15) is 8.78 Å². The van der Waals surface area contributed by atoms with Crippen LogP contribution in [0.5, 0.6) is 5.75 Å². The van der Waals surface area contributed by atoms with Crippen molar-refractivity contribution in [1.29, 1.82) is 0 Å². The molecule has 0 aliphatic carbocycles. The first-order valence-corrected chi connectivity index (χ1v) is 7.95. The highest BCUT2D eigenvalue weighted by Crippen LogP contribution is 2.34. The van der Waals surface area contributed by atoms with Gasteiger partial charge in [0.2, 0.25) is 0 Å². The summed E-state index contributed by atoms with van der Waals surface area (Å²) < 4.78 is 33.7. The zero-order valence-electron chi connectivity index (χ0n) is 10.9. The molecule has 1 heterocycles. The maximum atomic E-state index is 13.7. The molecule has 1 aliphatic rings. The summed E-state index contributed by atoms with van der Waals surface area (Å²) in [6, 6.07) is 6.21. The van der Waals surface area contributed by atoms with Crippen LogP contribution in [0, 0.1) is 11.6 Å². The van der Waals surface area contributed by atoms with Crippen molar-refractivity contribution in [3.63, 3.8) is 0 Å². The molecule has 1 N–H and O–H groups in total. The highest BCUT2D eigenvalue weighted by molar-refractivity contribution is 9.10. The maximum absolute atomic E-state index is 13.7. The van der Waals surface area contributed by atoms with Crippen molar-refractivity contribution >= 4 is 37.5 Å². The quantitative estimate of drug-likeness (QED) is 0.705. The summed E-state index contributed by atoms with van der Waals surface area (Å²) in [6.45, 7) is 1.06. The lowest BCUT2D eigenvalue weighted by molar-refractivity contribution is 0.354. The van der Waals surface area contributed by atoms with E-state index in [-0.39, 0.29) is 10.2 Å². The number of fused-ring (bicyclic) bond motifs is 1. The molecule has 0 radical (unpaired) electrons. The predicted molar refractivity (Wildman–Crippen MR) is 84.7 cm³/mol. The van der Waals surface area contributed by atoms with Crippen molar-refractivity contribution in [2.45, 2.75) is 13.0 Å². The van der Waals surface area contributed by atoms with Crippen LogP contribution in [-0.4, -0.2) is 6.61 Å². The molecule has 0 bridgehead atoms. The fourth-order valence-corrected chi connectivity index (χ4v) is 3.22. The SMILES string of the molecule is Fc1cc(F)c(NCc2cc(Br)cc3c2OCC3)cc1Br. The molecule has 0 fully saturated rings. The second-order valence-electron chi connectivity index (χ2n) is 4.75. The third-order valence-corrected chi connectivity index (χ3v) is 4.37. The summed E-state index contributed by atoms with van der Waals surface area (Å²) in [6.07, 6.45) is 0.873. The molecule has 2 aromatic rings. The van der Waals surface area contributed by atoms with Crippen LogP contribution in [0.2, 0.25) is 0 Å². The van der Waals surface area contributed by atoms with Gasteiger partial charge in [-0.2, -0.15) is 0 Å². The van der Waals surface area contributed by atoms with Crippen LogP contribution in [0.3, 0.4) is 0 Å². The van der Waals surface area contributed by atoms with E-state index >= 15 is 0 Å². The van der Waals surface area contributed by atoms with Crippen molar-refractivity contribution < 1.29 is 13.5 Å². The fourth-order valence-electron chi connectivity index (χ4n) is 2.33. The van der Waals surface area contributed by atoms with E-state index in [0.717, 1.165) is 33.8 Å². The highest BCUT2D eigenvalue weighted by Gasteiger charge is 2.17. The lowest BCUT2D eigenvalue weighted by Gasteiger charge is -2.12. The fraction of sp³-hybridized carbons (Fsp3) is 0.200. The van der Waals surface area contributed by atoms with Crippen molar-refractivity contribution in [2.24, 2.45) is 0 Å². The van der Waals surface area contributed by atoms with Crippen molar-refractivity contribution in [3.05, 3.63) is 56.0 Å². The second kappa shape index (κ2) is 5.93. The molecule has 0 saturated heterocycles. The molecule has 0 spiro atoms. The van der Waals surface area contributed by atoms with Crippen molar-refractivity contribution in [3.8, 4) is 5.75 Å². The van der Waals surface area contributed by atoms with E-state index in [1.54, 1.807) is 0 Å². The van der Waals surface area contributed by atoms with Gasteiger partial charge in [0.25, 0.3) is 0 Å².